The van der Waals surface area contributed by atoms with Crippen LogP contribution in [0.1, 0.15) is 23.6 Å². The average Bonchev–Trinajstić information content (AvgIpc) is 3.29. The van der Waals surface area contributed by atoms with Crippen molar-refractivity contribution >= 4 is 5.91 Å². The number of benzene rings is 2. The van der Waals surface area contributed by atoms with E-state index >= 15 is 0 Å². The largest absolute Gasteiger partial charge is 0.348 e. The van der Waals surface area contributed by atoms with E-state index in [1.165, 1.54) is 0 Å². The molecule has 162 valence electrons. The molecule has 4 rings (SSSR count). The molecule has 1 aliphatic heterocycles. The van der Waals surface area contributed by atoms with E-state index in [2.05, 4.69) is 39.4 Å². The van der Waals surface area contributed by atoms with Crippen LogP contribution in [-0.2, 0) is 11.2 Å². The van der Waals surface area contributed by atoms with Gasteiger partial charge in [-0.15, -0.1) is 0 Å². The highest BCUT2D eigenvalue weighted by Crippen LogP contribution is 2.16. The number of aromatic nitrogens is 2. The molecule has 1 fully saturated rings. The third-order valence-corrected chi connectivity index (χ3v) is 5.87. The monoisotopic (exact) mass is 417 g/mol. The van der Waals surface area contributed by atoms with Gasteiger partial charge in [0.2, 0.25) is 5.91 Å². The van der Waals surface area contributed by atoms with Gasteiger partial charge in [-0.1, -0.05) is 48.5 Å². The molecular weight excluding hydrogens is 386 g/mol. The summed E-state index contributed by atoms with van der Waals surface area (Å²) in [5.74, 6) is 0.0791. The molecule has 2 heterocycles. The molecule has 6 heteroatoms. The Labute approximate surface area is 184 Å². The fourth-order valence-electron chi connectivity index (χ4n) is 3.94. The second-order valence-corrected chi connectivity index (χ2v) is 8.26. The average molecular weight is 418 g/mol. The predicted octanol–water partition coefficient (Wildman–Crippen LogP) is 2.91. The Morgan fingerprint density at radius 1 is 1.00 bits per heavy atom. The van der Waals surface area contributed by atoms with Gasteiger partial charge in [0.1, 0.15) is 0 Å². The summed E-state index contributed by atoms with van der Waals surface area (Å²) >= 11 is 0. The number of carbonyl (C=O) groups excluding carboxylic acids is 1. The normalized spacial score (nSPS) is 16.2. The fraction of sp³-hybridized carbons (Fsp3) is 0.360. The van der Waals surface area contributed by atoms with Gasteiger partial charge in [-0.05, 0) is 36.7 Å². The van der Waals surface area contributed by atoms with Crippen LogP contribution in [0.4, 0.5) is 0 Å². The number of amides is 1. The molecule has 0 aliphatic carbocycles. The Morgan fingerprint density at radius 3 is 2.39 bits per heavy atom. The van der Waals surface area contributed by atoms with Crippen LogP contribution in [0.25, 0.3) is 5.69 Å². The van der Waals surface area contributed by atoms with Gasteiger partial charge in [0.15, 0.2) is 0 Å². The van der Waals surface area contributed by atoms with E-state index in [0.29, 0.717) is 12.8 Å². The van der Waals surface area contributed by atoms with Gasteiger partial charge in [0.05, 0.1) is 17.9 Å². The first kappa shape index (κ1) is 21.3. The van der Waals surface area contributed by atoms with Crippen LogP contribution < -0.4 is 5.32 Å². The van der Waals surface area contributed by atoms with Crippen molar-refractivity contribution in [2.24, 2.45) is 0 Å². The number of nitrogens with zero attached hydrogens (tertiary/aromatic N) is 4. The zero-order valence-corrected chi connectivity index (χ0v) is 18.2. The van der Waals surface area contributed by atoms with Crippen molar-refractivity contribution in [1.82, 2.24) is 24.9 Å². The Bertz CT molecular complexity index is 948. The van der Waals surface area contributed by atoms with E-state index < -0.39 is 0 Å². The first-order valence-corrected chi connectivity index (χ1v) is 11.0. The van der Waals surface area contributed by atoms with E-state index in [1.54, 1.807) is 0 Å². The van der Waals surface area contributed by atoms with E-state index in [-0.39, 0.29) is 11.9 Å². The Kier molecular flexibility index (Phi) is 7.12. The van der Waals surface area contributed by atoms with Gasteiger partial charge in [-0.2, -0.15) is 5.10 Å². The van der Waals surface area contributed by atoms with E-state index in [0.717, 1.165) is 49.5 Å². The van der Waals surface area contributed by atoms with Gasteiger partial charge < -0.3 is 10.2 Å². The van der Waals surface area contributed by atoms with Crippen LogP contribution in [-0.4, -0.2) is 65.3 Å². The molecule has 3 aromatic rings. The number of nitrogens with one attached hydrogen (secondary N) is 1. The highest BCUT2D eigenvalue weighted by atomic mass is 16.1. The summed E-state index contributed by atoms with van der Waals surface area (Å²) in [6.45, 7) is 5.06. The maximum absolute atomic E-state index is 12.8. The first-order chi connectivity index (χ1) is 15.2. The smallest absolute Gasteiger partial charge is 0.220 e. The van der Waals surface area contributed by atoms with Crippen LogP contribution in [0, 0.1) is 0 Å². The zero-order chi connectivity index (χ0) is 21.5. The summed E-state index contributed by atoms with van der Waals surface area (Å²) in [7, 11) is 2.16. The van der Waals surface area contributed by atoms with Crippen LogP contribution in [0.3, 0.4) is 0 Å². The SMILES string of the molecule is CN1CCN(CC(NC(=O)CCc2cnn(-c3ccccc3)c2)c2ccccc2)CC1. The van der Waals surface area contributed by atoms with Crippen LogP contribution in [0.5, 0.6) is 0 Å². The van der Waals surface area contributed by atoms with Gasteiger partial charge in [0, 0.05) is 45.3 Å². The summed E-state index contributed by atoms with van der Waals surface area (Å²) in [6, 6.07) is 20.3. The Balaban J connectivity index is 1.34. The highest BCUT2D eigenvalue weighted by molar-refractivity contribution is 5.76. The molecule has 1 atom stereocenters. The molecule has 1 saturated heterocycles. The Hall–Kier alpha value is -2.96. The van der Waals surface area contributed by atoms with Gasteiger partial charge in [0.25, 0.3) is 0 Å². The van der Waals surface area contributed by atoms with E-state index in [1.807, 2.05) is 65.6 Å². The first-order valence-electron chi connectivity index (χ1n) is 11.0. The third kappa shape index (κ3) is 6.03. The molecule has 0 saturated carbocycles. The van der Waals surface area contributed by atoms with Crippen molar-refractivity contribution < 1.29 is 4.79 Å². The number of aryl methyl sites for hydroxylation is 1. The Morgan fingerprint density at radius 2 is 1.68 bits per heavy atom. The predicted molar refractivity (Wildman–Crippen MR) is 123 cm³/mol. The van der Waals surface area contributed by atoms with Crippen molar-refractivity contribution in [3.05, 3.63) is 84.2 Å². The molecule has 0 radical (unpaired) electrons. The number of para-hydroxylation sites is 1. The second kappa shape index (κ2) is 10.4. The zero-order valence-electron chi connectivity index (χ0n) is 18.2. The lowest BCUT2D eigenvalue weighted by atomic mass is 10.1. The van der Waals surface area contributed by atoms with Gasteiger partial charge in [-0.3, -0.25) is 9.69 Å². The molecule has 31 heavy (non-hydrogen) atoms. The maximum Gasteiger partial charge on any atom is 0.220 e. The molecule has 1 aromatic heterocycles. The fourth-order valence-corrected chi connectivity index (χ4v) is 3.94. The minimum absolute atomic E-state index is 0.00384. The number of hydrogen-bond donors (Lipinski definition) is 1. The van der Waals surface area contributed by atoms with Crippen molar-refractivity contribution in [3.63, 3.8) is 0 Å². The minimum Gasteiger partial charge on any atom is -0.348 e. The standard InChI is InChI=1S/C25H31N5O/c1-28-14-16-29(17-15-28)20-24(22-8-4-2-5-9-22)27-25(31)13-12-21-18-26-30(19-21)23-10-6-3-7-11-23/h2-11,18-19,24H,12-17,20H2,1H3,(H,27,31). The molecular formula is C25H31N5O. The second-order valence-electron chi connectivity index (χ2n) is 8.26. The van der Waals surface area contributed by atoms with E-state index in [9.17, 15) is 4.79 Å². The van der Waals surface area contributed by atoms with Crippen LogP contribution in [0.15, 0.2) is 73.1 Å². The molecule has 6 nitrogen and oxygen atoms in total. The van der Waals surface area contributed by atoms with Crippen LogP contribution >= 0.6 is 0 Å². The minimum atomic E-state index is 0.00384. The molecule has 1 aliphatic rings. The topological polar surface area (TPSA) is 53.4 Å². The van der Waals surface area contributed by atoms with Gasteiger partial charge >= 0.3 is 0 Å². The van der Waals surface area contributed by atoms with Crippen molar-refractivity contribution in [1.29, 1.82) is 0 Å². The van der Waals surface area contributed by atoms with Crippen molar-refractivity contribution in [3.8, 4) is 5.69 Å². The van der Waals surface area contributed by atoms with Crippen LogP contribution in [0.2, 0.25) is 0 Å². The molecule has 2 aromatic carbocycles. The quantitative estimate of drug-likeness (QED) is 0.612. The summed E-state index contributed by atoms with van der Waals surface area (Å²) in [6.07, 6.45) is 4.97. The maximum atomic E-state index is 12.8. The number of likely N-dealkylation sites (N-methyl/N-ethyl adjacent to an activating group) is 1. The van der Waals surface area contributed by atoms with Gasteiger partial charge in [-0.25, -0.2) is 4.68 Å². The molecule has 1 amide bonds. The molecule has 1 unspecified atom stereocenters. The number of rotatable bonds is 8. The summed E-state index contributed by atoms with van der Waals surface area (Å²) < 4.78 is 1.85. The number of carbonyl (C=O) groups is 1. The van der Waals surface area contributed by atoms with E-state index in [4.69, 9.17) is 0 Å². The molecule has 1 N–H and O–H groups in total. The lowest BCUT2D eigenvalue weighted by Crippen LogP contribution is -2.47. The van der Waals surface area contributed by atoms with Crippen molar-refractivity contribution in [2.45, 2.75) is 18.9 Å². The lowest BCUT2D eigenvalue weighted by molar-refractivity contribution is -0.122. The third-order valence-electron chi connectivity index (χ3n) is 5.87. The summed E-state index contributed by atoms with van der Waals surface area (Å²) in [4.78, 5) is 17.6. The summed E-state index contributed by atoms with van der Waals surface area (Å²) in [5, 5.41) is 7.71. The molecule has 0 bridgehead atoms. The van der Waals surface area contributed by atoms with Crippen molar-refractivity contribution in [2.75, 3.05) is 39.8 Å². The lowest BCUT2D eigenvalue weighted by Gasteiger charge is -2.35. The summed E-state index contributed by atoms with van der Waals surface area (Å²) in [5.41, 5.74) is 3.25. The highest BCUT2D eigenvalue weighted by Gasteiger charge is 2.21. The molecule has 0 spiro atoms. The number of piperazine rings is 1. The number of hydrogen-bond acceptors (Lipinski definition) is 4.